The molecule has 2 aliphatic heterocycles. The number of nitrogens with zero attached hydrogens (tertiary/aromatic N) is 2. The first kappa shape index (κ1) is 40.8. The van der Waals surface area contributed by atoms with Crippen molar-refractivity contribution in [1.29, 1.82) is 0 Å². The number of amides is 2. The number of carbonyl (C=O) groups is 4. The number of Topliss-reactive ketones (excluding diaryl/α,β-unsaturated/α-hetero) is 2. The number of aliphatic hydroxyl groups is 2. The average molecular weight is 772 g/mol. The molecule has 4 aromatic carbocycles. The summed E-state index contributed by atoms with van der Waals surface area (Å²) in [7, 11) is 0. The molecule has 2 amide bonds. The number of carbonyl (C=O) groups excluding carboxylic acids is 4. The van der Waals surface area contributed by atoms with Crippen molar-refractivity contribution in [3.63, 3.8) is 0 Å². The van der Waals surface area contributed by atoms with E-state index < -0.39 is 0 Å². The third kappa shape index (κ3) is 10.9. The molecule has 0 radical (unpaired) electrons. The van der Waals surface area contributed by atoms with Crippen LogP contribution in [0.4, 0.5) is 0 Å². The number of benzene rings is 4. The first-order valence-corrected chi connectivity index (χ1v) is 19.2. The van der Waals surface area contributed by atoms with Gasteiger partial charge in [0, 0.05) is 73.7 Å². The lowest BCUT2D eigenvalue weighted by Crippen LogP contribution is -2.30. The van der Waals surface area contributed by atoms with Crippen LogP contribution in [0.25, 0.3) is 0 Å². The predicted molar refractivity (Wildman–Crippen MR) is 212 cm³/mol. The topological polar surface area (TPSA) is 115 Å². The summed E-state index contributed by atoms with van der Waals surface area (Å²) in [5.41, 5.74) is 6.25. The monoisotopic (exact) mass is 770 g/mol. The Kier molecular flexibility index (Phi) is 14.6. The van der Waals surface area contributed by atoms with E-state index >= 15 is 0 Å². The Morgan fingerprint density at radius 1 is 0.574 bits per heavy atom. The lowest BCUT2D eigenvalue weighted by Gasteiger charge is -2.17. The molecule has 54 heavy (non-hydrogen) atoms. The number of hydrogen-bond acceptors (Lipinski definition) is 6. The normalized spacial score (nSPS) is 19.5. The number of hydrogen-bond donors (Lipinski definition) is 2. The molecule has 8 nitrogen and oxygen atoms in total. The highest BCUT2D eigenvalue weighted by atomic mass is 35.5. The molecule has 2 fully saturated rings. The Hall–Kier alpha value is -4.34. The molecule has 0 saturated carbocycles. The van der Waals surface area contributed by atoms with Gasteiger partial charge < -0.3 is 20.0 Å². The molecule has 2 heterocycles. The molecular weight excluding hydrogens is 723 g/mol. The number of likely N-dealkylation sites (tertiary alicyclic amines) is 2. The van der Waals surface area contributed by atoms with E-state index in [9.17, 15) is 29.4 Å². The highest BCUT2D eigenvalue weighted by molar-refractivity contribution is 6.30. The smallest absolute Gasteiger partial charge is 0.226 e. The molecule has 0 spiro atoms. The van der Waals surface area contributed by atoms with E-state index in [2.05, 4.69) is 0 Å². The van der Waals surface area contributed by atoms with Crippen molar-refractivity contribution in [1.82, 2.24) is 9.80 Å². The number of halogens is 2. The first-order valence-electron chi connectivity index (χ1n) is 18.4. The van der Waals surface area contributed by atoms with E-state index in [0.717, 1.165) is 33.4 Å². The van der Waals surface area contributed by atoms with Gasteiger partial charge in [0.05, 0.1) is 25.0 Å². The van der Waals surface area contributed by atoms with Crippen molar-refractivity contribution in [2.45, 2.75) is 51.4 Å². The van der Waals surface area contributed by atoms with E-state index in [-0.39, 0.29) is 73.1 Å². The summed E-state index contributed by atoms with van der Waals surface area (Å²) in [6, 6.07) is 30.7. The summed E-state index contributed by atoms with van der Waals surface area (Å²) in [6.45, 7) is 5.61. The van der Waals surface area contributed by atoms with Crippen molar-refractivity contribution in [2.24, 2.45) is 11.8 Å². The standard InChI is InChI=1S/2C22H24ClNO3/c2*1-15-2-6-17(7-3-15)21-14-24(10-11-25)22(27)20(21)13-19(26)12-16-4-8-18(23)9-5-16/h2*2-9,20-21,25H,10-14H2,1H3/t2*20?,21-/m00/s1. The van der Waals surface area contributed by atoms with Crippen LogP contribution in [0.3, 0.4) is 0 Å². The number of rotatable bonds is 14. The van der Waals surface area contributed by atoms with Gasteiger partial charge in [-0.1, -0.05) is 107 Å². The van der Waals surface area contributed by atoms with Gasteiger partial charge in [0.15, 0.2) is 0 Å². The average Bonchev–Trinajstić information content (AvgIpc) is 3.62. The second kappa shape index (κ2) is 19.3. The van der Waals surface area contributed by atoms with Crippen LogP contribution in [0.15, 0.2) is 97.1 Å². The van der Waals surface area contributed by atoms with E-state index in [0.29, 0.717) is 49.1 Å². The van der Waals surface area contributed by atoms with Crippen LogP contribution in [0.1, 0.15) is 58.1 Å². The summed E-state index contributed by atoms with van der Waals surface area (Å²) < 4.78 is 0. The zero-order valence-electron chi connectivity index (χ0n) is 30.8. The van der Waals surface area contributed by atoms with Crippen molar-refractivity contribution in [3.8, 4) is 0 Å². The van der Waals surface area contributed by atoms with Crippen molar-refractivity contribution in [2.75, 3.05) is 39.4 Å². The fraction of sp³-hybridized carbons (Fsp3) is 0.364. The molecule has 284 valence electrons. The fourth-order valence-corrected chi connectivity index (χ4v) is 7.68. The molecule has 4 atom stereocenters. The molecule has 2 unspecified atom stereocenters. The van der Waals surface area contributed by atoms with Gasteiger partial charge in [0.25, 0.3) is 0 Å². The molecule has 2 aliphatic rings. The van der Waals surface area contributed by atoms with Gasteiger partial charge in [-0.25, -0.2) is 0 Å². The third-order valence-corrected chi connectivity index (χ3v) is 10.8. The van der Waals surface area contributed by atoms with Crippen LogP contribution in [-0.2, 0) is 32.0 Å². The molecule has 10 heteroatoms. The Morgan fingerprint density at radius 2 is 0.907 bits per heavy atom. The van der Waals surface area contributed by atoms with Gasteiger partial charge >= 0.3 is 0 Å². The lowest BCUT2D eigenvalue weighted by atomic mass is 9.84. The third-order valence-electron chi connectivity index (χ3n) is 10.3. The maximum Gasteiger partial charge on any atom is 0.226 e. The minimum Gasteiger partial charge on any atom is -0.395 e. The molecule has 0 bridgehead atoms. The van der Waals surface area contributed by atoms with Gasteiger partial charge in [-0.2, -0.15) is 0 Å². The van der Waals surface area contributed by atoms with E-state index in [1.807, 2.05) is 86.6 Å². The van der Waals surface area contributed by atoms with Crippen LogP contribution in [0.5, 0.6) is 0 Å². The molecule has 6 rings (SSSR count). The zero-order chi connectivity index (χ0) is 38.8. The number of aryl methyl sites for hydroxylation is 2. The number of ketones is 2. The molecule has 0 aliphatic carbocycles. The number of β-amino-alcohol motifs (C(OH)–C–C–N with tert-alkyl or cyclic N) is 2. The van der Waals surface area contributed by atoms with Crippen LogP contribution < -0.4 is 0 Å². The Bertz CT molecular complexity index is 1740. The van der Waals surface area contributed by atoms with Crippen molar-refractivity contribution in [3.05, 3.63) is 140 Å². The lowest BCUT2D eigenvalue weighted by molar-refractivity contribution is -0.134. The number of aliphatic hydroxyl groups excluding tert-OH is 2. The van der Waals surface area contributed by atoms with E-state index in [4.69, 9.17) is 23.2 Å². The summed E-state index contributed by atoms with van der Waals surface area (Å²) >= 11 is 11.8. The van der Waals surface area contributed by atoms with Crippen molar-refractivity contribution >= 4 is 46.6 Å². The fourth-order valence-electron chi connectivity index (χ4n) is 7.42. The van der Waals surface area contributed by atoms with Gasteiger partial charge in [-0.3, -0.25) is 19.2 Å². The SMILES string of the molecule is Cc1ccc([C@@H]2CN(CCO)C(=O)C2CC(=O)Cc2ccc(Cl)cc2)cc1.Cc1ccc([C@@H]2CN(CCO)C(=O)C2CC(=O)Cc2ccc(Cl)cc2)cc1. The molecule has 2 saturated heterocycles. The van der Waals surface area contributed by atoms with Gasteiger partial charge in [0.1, 0.15) is 11.6 Å². The summed E-state index contributed by atoms with van der Waals surface area (Å²) in [5.74, 6) is -0.814. The zero-order valence-corrected chi connectivity index (χ0v) is 32.3. The highest BCUT2D eigenvalue weighted by Crippen LogP contribution is 2.37. The van der Waals surface area contributed by atoms with Crippen LogP contribution in [0, 0.1) is 25.7 Å². The Balaban J connectivity index is 0.000000208. The minimum atomic E-state index is -0.376. The summed E-state index contributed by atoms with van der Waals surface area (Å²) in [6.07, 6.45) is 1.01. The summed E-state index contributed by atoms with van der Waals surface area (Å²) in [5, 5.41) is 19.8. The minimum absolute atomic E-state index is 0.0289. The second-order valence-corrected chi connectivity index (χ2v) is 15.2. The Morgan fingerprint density at radius 3 is 1.22 bits per heavy atom. The maximum absolute atomic E-state index is 12.8. The summed E-state index contributed by atoms with van der Waals surface area (Å²) in [4.78, 5) is 54.3. The van der Waals surface area contributed by atoms with E-state index in [1.54, 1.807) is 34.1 Å². The first-order chi connectivity index (χ1) is 25.9. The molecule has 2 N–H and O–H groups in total. The van der Waals surface area contributed by atoms with Gasteiger partial charge in [-0.15, -0.1) is 0 Å². The largest absolute Gasteiger partial charge is 0.395 e. The van der Waals surface area contributed by atoms with Crippen molar-refractivity contribution < 1.29 is 29.4 Å². The molecule has 0 aromatic heterocycles. The maximum atomic E-state index is 12.8. The Labute approximate surface area is 327 Å². The van der Waals surface area contributed by atoms with E-state index in [1.165, 1.54) is 0 Å². The highest BCUT2D eigenvalue weighted by Gasteiger charge is 2.42. The quantitative estimate of drug-likeness (QED) is 0.146. The second-order valence-electron chi connectivity index (χ2n) is 14.4. The van der Waals surface area contributed by atoms with Crippen LogP contribution in [0.2, 0.25) is 10.0 Å². The van der Waals surface area contributed by atoms with Crippen LogP contribution >= 0.6 is 23.2 Å². The van der Waals surface area contributed by atoms with Gasteiger partial charge in [0.2, 0.25) is 11.8 Å². The van der Waals surface area contributed by atoms with Gasteiger partial charge in [-0.05, 0) is 60.4 Å². The predicted octanol–water partition coefficient (Wildman–Crippen LogP) is 6.77. The van der Waals surface area contributed by atoms with Crippen LogP contribution in [-0.4, -0.2) is 82.8 Å². The molecular formula is C44H48Cl2N2O6. The molecule has 4 aromatic rings.